The lowest BCUT2D eigenvalue weighted by atomic mass is 10.2. The zero-order chi connectivity index (χ0) is 11.8. The van der Waals surface area contributed by atoms with Gasteiger partial charge in [0.2, 0.25) is 0 Å². The van der Waals surface area contributed by atoms with Gasteiger partial charge in [-0.15, -0.1) is 24.8 Å². The summed E-state index contributed by atoms with van der Waals surface area (Å²) in [6.07, 6.45) is 1.34. The highest BCUT2D eigenvalue weighted by Crippen LogP contribution is 2.02. The molecule has 0 heterocycles. The second-order valence-electron chi connectivity index (χ2n) is 4.05. The predicted octanol–water partition coefficient (Wildman–Crippen LogP) is 2.92. The summed E-state index contributed by atoms with van der Waals surface area (Å²) in [6.45, 7) is 1.29. The molecule has 0 radical (unpaired) electrons. The van der Waals surface area contributed by atoms with Gasteiger partial charge in [-0.25, -0.2) is 0 Å². The Labute approximate surface area is 121 Å². The van der Waals surface area contributed by atoms with Crippen molar-refractivity contribution in [2.45, 2.75) is 19.4 Å². The van der Waals surface area contributed by atoms with E-state index in [0.717, 1.165) is 18.5 Å². The van der Waals surface area contributed by atoms with Crippen molar-refractivity contribution in [3.63, 3.8) is 0 Å². The van der Waals surface area contributed by atoms with Crippen LogP contribution in [-0.4, -0.2) is 31.5 Å². The van der Waals surface area contributed by atoms with Crippen molar-refractivity contribution in [3.8, 4) is 0 Å². The van der Waals surface area contributed by atoms with Crippen molar-refractivity contribution in [3.05, 3.63) is 35.9 Å². The Morgan fingerprint density at radius 2 is 1.78 bits per heavy atom. The van der Waals surface area contributed by atoms with E-state index >= 15 is 0 Å². The van der Waals surface area contributed by atoms with E-state index in [0.29, 0.717) is 13.0 Å². The summed E-state index contributed by atoms with van der Waals surface area (Å²) >= 11 is 0. The summed E-state index contributed by atoms with van der Waals surface area (Å²) in [5.74, 6) is -0.120. The van der Waals surface area contributed by atoms with Gasteiger partial charge in [0.1, 0.15) is 6.61 Å². The van der Waals surface area contributed by atoms with Crippen molar-refractivity contribution >= 4 is 30.8 Å². The molecule has 1 aromatic rings. The lowest BCUT2D eigenvalue weighted by Crippen LogP contribution is -2.15. The van der Waals surface area contributed by atoms with Gasteiger partial charge in [-0.05, 0) is 32.6 Å². The first kappa shape index (κ1) is 19.6. The molecule has 1 aromatic carbocycles. The van der Waals surface area contributed by atoms with E-state index in [1.54, 1.807) is 0 Å². The third kappa shape index (κ3) is 9.28. The number of esters is 1. The average Bonchev–Trinajstić information content (AvgIpc) is 2.27. The van der Waals surface area contributed by atoms with Crippen LogP contribution < -0.4 is 0 Å². The maximum atomic E-state index is 11.4. The molecule has 5 heteroatoms. The molecule has 0 atom stereocenters. The molecule has 1 rings (SSSR count). The first-order valence-corrected chi connectivity index (χ1v) is 5.53. The van der Waals surface area contributed by atoms with E-state index in [4.69, 9.17) is 4.74 Å². The van der Waals surface area contributed by atoms with Gasteiger partial charge in [0.25, 0.3) is 0 Å². The van der Waals surface area contributed by atoms with Crippen LogP contribution in [0.2, 0.25) is 0 Å². The zero-order valence-electron chi connectivity index (χ0n) is 10.8. The number of nitrogens with zero attached hydrogens (tertiary/aromatic N) is 1. The summed E-state index contributed by atoms with van der Waals surface area (Å²) in [6, 6.07) is 9.73. The Morgan fingerprint density at radius 3 is 2.33 bits per heavy atom. The van der Waals surface area contributed by atoms with Crippen LogP contribution >= 0.6 is 24.8 Å². The Morgan fingerprint density at radius 1 is 1.17 bits per heavy atom. The van der Waals surface area contributed by atoms with Gasteiger partial charge in [-0.3, -0.25) is 4.79 Å². The molecule has 18 heavy (non-hydrogen) atoms. The lowest BCUT2D eigenvalue weighted by Gasteiger charge is -2.08. The van der Waals surface area contributed by atoms with Gasteiger partial charge in [-0.1, -0.05) is 30.3 Å². The third-order valence-corrected chi connectivity index (χ3v) is 2.23. The largest absolute Gasteiger partial charge is 0.461 e. The molecule has 0 aliphatic heterocycles. The quantitative estimate of drug-likeness (QED) is 0.756. The van der Waals surface area contributed by atoms with E-state index in [1.165, 1.54) is 0 Å². The second kappa shape index (κ2) is 11.3. The van der Waals surface area contributed by atoms with E-state index in [9.17, 15) is 4.79 Å². The van der Waals surface area contributed by atoms with Crippen LogP contribution in [0.5, 0.6) is 0 Å². The zero-order valence-corrected chi connectivity index (χ0v) is 12.4. The maximum Gasteiger partial charge on any atom is 0.306 e. The second-order valence-corrected chi connectivity index (χ2v) is 4.05. The smallest absolute Gasteiger partial charge is 0.306 e. The predicted molar refractivity (Wildman–Crippen MR) is 78.5 cm³/mol. The number of hydrogen-bond donors (Lipinski definition) is 0. The fourth-order valence-corrected chi connectivity index (χ4v) is 1.35. The number of halogens is 2. The van der Waals surface area contributed by atoms with E-state index < -0.39 is 0 Å². The monoisotopic (exact) mass is 293 g/mol. The topological polar surface area (TPSA) is 29.5 Å². The van der Waals surface area contributed by atoms with Crippen LogP contribution in [0.1, 0.15) is 18.4 Å². The molecular formula is C13H21Cl2NO2. The minimum atomic E-state index is -0.120. The lowest BCUT2D eigenvalue weighted by molar-refractivity contribution is -0.145. The van der Waals surface area contributed by atoms with Crippen molar-refractivity contribution < 1.29 is 9.53 Å². The van der Waals surface area contributed by atoms with Gasteiger partial charge in [0.05, 0.1) is 0 Å². The Bertz CT molecular complexity index is 318. The van der Waals surface area contributed by atoms with Crippen molar-refractivity contribution in [2.75, 3.05) is 20.6 Å². The molecule has 0 spiro atoms. The number of hydrogen-bond acceptors (Lipinski definition) is 3. The molecule has 0 saturated heterocycles. The Hall–Kier alpha value is -0.770. The number of carbonyl (C=O) groups is 1. The summed E-state index contributed by atoms with van der Waals surface area (Å²) in [4.78, 5) is 13.4. The minimum Gasteiger partial charge on any atom is -0.461 e. The average molecular weight is 294 g/mol. The fraction of sp³-hybridized carbons (Fsp3) is 0.462. The highest BCUT2D eigenvalue weighted by atomic mass is 35.5. The van der Waals surface area contributed by atoms with Gasteiger partial charge in [0, 0.05) is 6.42 Å². The molecule has 0 amide bonds. The van der Waals surface area contributed by atoms with Crippen LogP contribution in [0.4, 0.5) is 0 Å². The van der Waals surface area contributed by atoms with Gasteiger partial charge >= 0.3 is 5.97 Å². The van der Waals surface area contributed by atoms with Crippen LogP contribution in [0.3, 0.4) is 0 Å². The standard InChI is InChI=1S/C13H19NO2.2ClH/c1-14(2)10-6-9-13(15)16-11-12-7-4-3-5-8-12;;/h3-5,7-8H,6,9-11H2,1-2H3;2*1H. The highest BCUT2D eigenvalue weighted by Gasteiger charge is 2.03. The molecule has 0 N–H and O–H groups in total. The number of ether oxygens (including phenoxy) is 1. The van der Waals surface area contributed by atoms with Crippen LogP contribution in [0.15, 0.2) is 30.3 Å². The normalized spacial score (nSPS) is 9.28. The van der Waals surface area contributed by atoms with E-state index in [1.807, 2.05) is 44.4 Å². The molecular weight excluding hydrogens is 273 g/mol. The minimum absolute atomic E-state index is 0. The summed E-state index contributed by atoms with van der Waals surface area (Å²) in [5, 5.41) is 0. The molecule has 0 fully saturated rings. The number of rotatable bonds is 6. The SMILES string of the molecule is CN(C)CCCC(=O)OCc1ccccc1.Cl.Cl. The highest BCUT2D eigenvalue weighted by molar-refractivity contribution is 5.85. The molecule has 0 bridgehead atoms. The van der Waals surface area contributed by atoms with Crippen LogP contribution in [0.25, 0.3) is 0 Å². The van der Waals surface area contributed by atoms with Crippen molar-refractivity contribution in [1.82, 2.24) is 4.90 Å². The first-order chi connectivity index (χ1) is 7.68. The third-order valence-electron chi connectivity index (χ3n) is 2.23. The molecule has 104 valence electrons. The summed E-state index contributed by atoms with van der Waals surface area (Å²) in [7, 11) is 3.99. The van der Waals surface area contributed by atoms with Gasteiger partial charge in [0.15, 0.2) is 0 Å². The maximum absolute atomic E-state index is 11.4. The molecule has 0 aliphatic carbocycles. The van der Waals surface area contributed by atoms with Gasteiger partial charge < -0.3 is 9.64 Å². The van der Waals surface area contributed by atoms with E-state index in [2.05, 4.69) is 4.90 Å². The van der Waals surface area contributed by atoms with Crippen molar-refractivity contribution in [2.24, 2.45) is 0 Å². The first-order valence-electron chi connectivity index (χ1n) is 5.53. The molecule has 0 aliphatic rings. The summed E-state index contributed by atoms with van der Waals surface area (Å²) < 4.78 is 5.15. The molecule has 0 aromatic heterocycles. The molecule has 0 unspecified atom stereocenters. The molecule has 0 saturated carbocycles. The fourth-order valence-electron chi connectivity index (χ4n) is 1.35. The molecule has 3 nitrogen and oxygen atoms in total. The van der Waals surface area contributed by atoms with Crippen LogP contribution in [-0.2, 0) is 16.1 Å². The van der Waals surface area contributed by atoms with Crippen molar-refractivity contribution in [1.29, 1.82) is 0 Å². The van der Waals surface area contributed by atoms with Gasteiger partial charge in [-0.2, -0.15) is 0 Å². The number of benzene rings is 1. The Balaban J connectivity index is 0. The number of carbonyl (C=O) groups excluding carboxylic acids is 1. The summed E-state index contributed by atoms with van der Waals surface area (Å²) in [5.41, 5.74) is 1.03. The Kier molecular flexibility index (Phi) is 12.3. The van der Waals surface area contributed by atoms with E-state index in [-0.39, 0.29) is 30.8 Å². The van der Waals surface area contributed by atoms with Crippen LogP contribution in [0, 0.1) is 0 Å².